The van der Waals surface area contributed by atoms with Crippen LogP contribution >= 0.6 is 0 Å². The van der Waals surface area contributed by atoms with Gasteiger partial charge in [-0.05, 0) is 31.2 Å². The van der Waals surface area contributed by atoms with Crippen LogP contribution in [0, 0.1) is 6.92 Å². The first-order valence-corrected chi connectivity index (χ1v) is 5.57. The van der Waals surface area contributed by atoms with Gasteiger partial charge in [-0.15, -0.1) is 0 Å². The normalized spacial score (nSPS) is 9.89. The van der Waals surface area contributed by atoms with Crippen molar-refractivity contribution in [3.05, 3.63) is 47.9 Å². The molecule has 0 saturated heterocycles. The summed E-state index contributed by atoms with van der Waals surface area (Å²) in [5, 5.41) is 5.75. The van der Waals surface area contributed by atoms with Gasteiger partial charge in [-0.3, -0.25) is 9.78 Å². The van der Waals surface area contributed by atoms with Crippen LogP contribution in [0.3, 0.4) is 0 Å². The molecule has 0 atom stereocenters. The first kappa shape index (κ1) is 12.0. The Labute approximate surface area is 105 Å². The largest absolute Gasteiger partial charge is 0.385 e. The number of rotatable bonds is 3. The molecule has 2 N–H and O–H groups in total. The SMILES string of the molecule is CNc1ccc(C)nc1NC(=O)c1cccnc1. The van der Waals surface area contributed by atoms with Crippen LogP contribution < -0.4 is 10.6 Å². The highest BCUT2D eigenvalue weighted by Gasteiger charge is 2.09. The zero-order valence-electron chi connectivity index (χ0n) is 10.3. The number of amides is 1. The van der Waals surface area contributed by atoms with E-state index in [9.17, 15) is 4.79 Å². The molecule has 2 aromatic rings. The summed E-state index contributed by atoms with van der Waals surface area (Å²) in [6.45, 7) is 1.87. The van der Waals surface area contributed by atoms with Crippen molar-refractivity contribution in [3.63, 3.8) is 0 Å². The molecule has 18 heavy (non-hydrogen) atoms. The maximum absolute atomic E-state index is 12.0. The highest BCUT2D eigenvalue weighted by Crippen LogP contribution is 2.19. The van der Waals surface area contributed by atoms with E-state index in [1.54, 1.807) is 25.4 Å². The predicted octanol–water partition coefficient (Wildman–Crippen LogP) is 2.08. The maximum atomic E-state index is 12.0. The Morgan fingerprint density at radius 1 is 1.28 bits per heavy atom. The summed E-state index contributed by atoms with van der Waals surface area (Å²) >= 11 is 0. The number of carbonyl (C=O) groups is 1. The van der Waals surface area contributed by atoms with Crippen molar-refractivity contribution in [1.82, 2.24) is 9.97 Å². The lowest BCUT2D eigenvalue weighted by molar-refractivity contribution is 0.102. The molecule has 0 aliphatic heterocycles. The van der Waals surface area contributed by atoms with Crippen LogP contribution in [0.2, 0.25) is 0 Å². The Hall–Kier alpha value is -2.43. The van der Waals surface area contributed by atoms with Crippen LogP contribution in [-0.2, 0) is 0 Å². The summed E-state index contributed by atoms with van der Waals surface area (Å²) in [5.41, 5.74) is 2.12. The second-order valence-corrected chi connectivity index (χ2v) is 3.79. The van der Waals surface area contributed by atoms with E-state index in [4.69, 9.17) is 0 Å². The van der Waals surface area contributed by atoms with Crippen LogP contribution in [0.25, 0.3) is 0 Å². The Morgan fingerprint density at radius 2 is 2.11 bits per heavy atom. The molecule has 92 valence electrons. The number of hydrogen-bond acceptors (Lipinski definition) is 4. The van der Waals surface area contributed by atoms with Crippen molar-refractivity contribution >= 4 is 17.4 Å². The maximum Gasteiger partial charge on any atom is 0.258 e. The number of nitrogens with zero attached hydrogens (tertiary/aromatic N) is 2. The minimum atomic E-state index is -0.224. The minimum absolute atomic E-state index is 0.224. The first-order chi connectivity index (χ1) is 8.70. The second-order valence-electron chi connectivity index (χ2n) is 3.79. The molecule has 5 heteroatoms. The van der Waals surface area contributed by atoms with Gasteiger partial charge >= 0.3 is 0 Å². The number of carbonyl (C=O) groups excluding carboxylic acids is 1. The topological polar surface area (TPSA) is 66.9 Å². The lowest BCUT2D eigenvalue weighted by Crippen LogP contribution is -2.14. The Morgan fingerprint density at radius 3 is 2.78 bits per heavy atom. The molecule has 0 fully saturated rings. The molecule has 2 aromatic heterocycles. The second kappa shape index (κ2) is 5.27. The molecule has 0 saturated carbocycles. The van der Waals surface area contributed by atoms with Crippen LogP contribution in [0.5, 0.6) is 0 Å². The summed E-state index contributed by atoms with van der Waals surface area (Å²) in [7, 11) is 1.78. The molecule has 0 unspecified atom stereocenters. The summed E-state index contributed by atoms with van der Waals surface area (Å²) in [4.78, 5) is 20.2. The van der Waals surface area contributed by atoms with Crippen molar-refractivity contribution in [3.8, 4) is 0 Å². The zero-order chi connectivity index (χ0) is 13.0. The first-order valence-electron chi connectivity index (χ1n) is 5.57. The average molecular weight is 242 g/mol. The summed E-state index contributed by atoms with van der Waals surface area (Å²) in [6.07, 6.45) is 3.14. The van der Waals surface area contributed by atoms with Gasteiger partial charge in [-0.2, -0.15) is 0 Å². The van der Waals surface area contributed by atoms with Crippen LogP contribution in [0.4, 0.5) is 11.5 Å². The Bertz CT molecular complexity index is 554. The molecular weight excluding hydrogens is 228 g/mol. The van der Waals surface area contributed by atoms with Crippen molar-refractivity contribution in [2.75, 3.05) is 17.7 Å². The number of nitrogens with one attached hydrogen (secondary N) is 2. The fourth-order valence-corrected chi connectivity index (χ4v) is 1.53. The van der Waals surface area contributed by atoms with E-state index >= 15 is 0 Å². The predicted molar refractivity (Wildman–Crippen MR) is 70.7 cm³/mol. The zero-order valence-corrected chi connectivity index (χ0v) is 10.3. The van der Waals surface area contributed by atoms with E-state index in [2.05, 4.69) is 20.6 Å². The van der Waals surface area contributed by atoms with Crippen molar-refractivity contribution < 1.29 is 4.79 Å². The molecule has 0 aliphatic rings. The lowest BCUT2D eigenvalue weighted by atomic mass is 10.2. The molecule has 1 amide bonds. The van der Waals surface area contributed by atoms with Crippen molar-refractivity contribution in [2.24, 2.45) is 0 Å². The third-order valence-corrected chi connectivity index (χ3v) is 2.46. The molecule has 5 nitrogen and oxygen atoms in total. The van der Waals surface area contributed by atoms with E-state index in [-0.39, 0.29) is 5.91 Å². The standard InChI is InChI=1S/C13H14N4O/c1-9-5-6-11(14-2)12(16-9)17-13(18)10-4-3-7-15-8-10/h3-8,14H,1-2H3,(H,16,17,18). The van der Waals surface area contributed by atoms with Gasteiger partial charge in [0.05, 0.1) is 11.3 Å². The molecule has 0 spiro atoms. The lowest BCUT2D eigenvalue weighted by Gasteiger charge is -2.10. The van der Waals surface area contributed by atoms with Crippen LogP contribution in [0.15, 0.2) is 36.7 Å². The van der Waals surface area contributed by atoms with E-state index in [1.807, 2.05) is 19.1 Å². The van der Waals surface area contributed by atoms with Gasteiger partial charge in [0.1, 0.15) is 0 Å². The molecule has 2 heterocycles. The van der Waals surface area contributed by atoms with Gasteiger partial charge in [-0.1, -0.05) is 0 Å². The minimum Gasteiger partial charge on any atom is -0.385 e. The highest BCUT2D eigenvalue weighted by molar-refractivity contribution is 6.04. The summed E-state index contributed by atoms with van der Waals surface area (Å²) in [6, 6.07) is 7.18. The van der Waals surface area contributed by atoms with E-state index < -0.39 is 0 Å². The molecule has 2 rings (SSSR count). The molecule has 0 aromatic carbocycles. The Kier molecular flexibility index (Phi) is 3.52. The molecule has 0 bridgehead atoms. The fraction of sp³-hybridized carbons (Fsp3) is 0.154. The van der Waals surface area contributed by atoms with Gasteiger partial charge < -0.3 is 10.6 Å². The van der Waals surface area contributed by atoms with E-state index in [0.29, 0.717) is 11.4 Å². The number of aromatic nitrogens is 2. The monoisotopic (exact) mass is 242 g/mol. The van der Waals surface area contributed by atoms with Gasteiger partial charge in [0, 0.05) is 25.1 Å². The van der Waals surface area contributed by atoms with Crippen molar-refractivity contribution in [2.45, 2.75) is 6.92 Å². The third-order valence-electron chi connectivity index (χ3n) is 2.46. The fourth-order valence-electron chi connectivity index (χ4n) is 1.53. The number of pyridine rings is 2. The van der Waals surface area contributed by atoms with Gasteiger partial charge in [0.2, 0.25) is 0 Å². The number of hydrogen-bond donors (Lipinski definition) is 2. The third kappa shape index (κ3) is 2.63. The number of aryl methyl sites for hydroxylation is 1. The average Bonchev–Trinajstić information content (AvgIpc) is 2.40. The van der Waals surface area contributed by atoms with Gasteiger partial charge in [0.15, 0.2) is 5.82 Å². The van der Waals surface area contributed by atoms with Crippen LogP contribution in [-0.4, -0.2) is 22.9 Å². The van der Waals surface area contributed by atoms with E-state index in [0.717, 1.165) is 11.4 Å². The van der Waals surface area contributed by atoms with Gasteiger partial charge in [-0.25, -0.2) is 4.98 Å². The summed E-state index contributed by atoms with van der Waals surface area (Å²) in [5.74, 6) is 0.295. The summed E-state index contributed by atoms with van der Waals surface area (Å²) < 4.78 is 0. The molecular formula is C13H14N4O. The Balaban J connectivity index is 2.24. The van der Waals surface area contributed by atoms with Crippen LogP contribution in [0.1, 0.15) is 16.1 Å². The number of anilines is 2. The highest BCUT2D eigenvalue weighted by atomic mass is 16.1. The smallest absolute Gasteiger partial charge is 0.258 e. The van der Waals surface area contributed by atoms with E-state index in [1.165, 1.54) is 6.20 Å². The molecule has 0 aliphatic carbocycles. The van der Waals surface area contributed by atoms with Gasteiger partial charge in [0.25, 0.3) is 5.91 Å². The quantitative estimate of drug-likeness (QED) is 0.864. The molecule has 0 radical (unpaired) electrons. The van der Waals surface area contributed by atoms with Crippen molar-refractivity contribution in [1.29, 1.82) is 0 Å².